The van der Waals surface area contributed by atoms with E-state index in [-0.39, 0.29) is 5.57 Å². The lowest BCUT2D eigenvalue weighted by molar-refractivity contribution is -0.112. The van der Waals surface area contributed by atoms with Crippen molar-refractivity contribution in [2.45, 2.75) is 13.3 Å². The van der Waals surface area contributed by atoms with Crippen LogP contribution in [0.5, 0.6) is 0 Å². The van der Waals surface area contributed by atoms with Gasteiger partial charge in [0.25, 0.3) is 5.91 Å². The lowest BCUT2D eigenvalue weighted by Crippen LogP contribution is -2.18. The SMILES string of the molecule is Cc1ccccc1CCN/C=C(/C#N)C(=O)Nc1ccccc1Cl. The fourth-order valence-electron chi connectivity index (χ4n) is 2.17. The highest BCUT2D eigenvalue weighted by molar-refractivity contribution is 6.33. The van der Waals surface area contributed by atoms with Gasteiger partial charge in [-0.2, -0.15) is 5.26 Å². The second-order valence-electron chi connectivity index (χ2n) is 5.23. The summed E-state index contributed by atoms with van der Waals surface area (Å²) in [5.74, 6) is -0.492. The van der Waals surface area contributed by atoms with Crippen LogP contribution in [0.15, 0.2) is 60.3 Å². The molecule has 0 fully saturated rings. The van der Waals surface area contributed by atoms with Crippen LogP contribution in [-0.4, -0.2) is 12.5 Å². The molecule has 0 radical (unpaired) electrons. The Bertz CT molecular complexity index is 793. The van der Waals surface area contributed by atoms with Gasteiger partial charge in [-0.25, -0.2) is 0 Å². The predicted molar refractivity (Wildman–Crippen MR) is 96.7 cm³/mol. The molecular formula is C19H18ClN3O. The molecule has 0 aromatic heterocycles. The number of carbonyl (C=O) groups excluding carboxylic acids is 1. The third-order valence-corrected chi connectivity index (χ3v) is 3.86. The molecule has 0 unspecified atom stereocenters. The van der Waals surface area contributed by atoms with E-state index in [1.54, 1.807) is 24.3 Å². The highest BCUT2D eigenvalue weighted by Gasteiger charge is 2.10. The monoisotopic (exact) mass is 339 g/mol. The molecule has 2 aromatic rings. The van der Waals surface area contributed by atoms with E-state index in [0.29, 0.717) is 17.3 Å². The number of benzene rings is 2. The van der Waals surface area contributed by atoms with Crippen molar-refractivity contribution in [2.24, 2.45) is 0 Å². The van der Waals surface area contributed by atoms with Crippen molar-refractivity contribution in [1.29, 1.82) is 5.26 Å². The van der Waals surface area contributed by atoms with E-state index in [1.165, 1.54) is 17.3 Å². The summed E-state index contributed by atoms with van der Waals surface area (Å²) in [6.45, 7) is 2.69. The molecule has 0 saturated carbocycles. The van der Waals surface area contributed by atoms with Crippen molar-refractivity contribution in [3.63, 3.8) is 0 Å². The van der Waals surface area contributed by atoms with Crippen molar-refractivity contribution < 1.29 is 4.79 Å². The quantitative estimate of drug-likeness (QED) is 0.477. The van der Waals surface area contributed by atoms with Crippen molar-refractivity contribution in [3.05, 3.63) is 76.5 Å². The van der Waals surface area contributed by atoms with Crippen LogP contribution in [0, 0.1) is 18.3 Å². The number of halogens is 1. The maximum atomic E-state index is 12.1. The number of carbonyl (C=O) groups is 1. The summed E-state index contributed by atoms with van der Waals surface area (Å²) < 4.78 is 0. The maximum Gasteiger partial charge on any atom is 0.267 e. The number of anilines is 1. The number of nitriles is 1. The van der Waals surface area contributed by atoms with Crippen LogP contribution in [0.2, 0.25) is 5.02 Å². The van der Waals surface area contributed by atoms with Crippen LogP contribution in [0.4, 0.5) is 5.69 Å². The van der Waals surface area contributed by atoms with E-state index >= 15 is 0 Å². The zero-order valence-electron chi connectivity index (χ0n) is 13.3. The topological polar surface area (TPSA) is 64.9 Å². The third-order valence-electron chi connectivity index (χ3n) is 3.53. The smallest absolute Gasteiger partial charge is 0.267 e. The van der Waals surface area contributed by atoms with Gasteiger partial charge in [0, 0.05) is 12.7 Å². The molecule has 1 amide bonds. The van der Waals surface area contributed by atoms with Gasteiger partial charge in [-0.3, -0.25) is 4.79 Å². The standard InChI is InChI=1S/C19H18ClN3O/c1-14-6-2-3-7-15(14)10-11-22-13-16(12-21)19(24)23-18-9-5-4-8-17(18)20/h2-9,13,22H,10-11H2,1H3,(H,23,24)/b16-13-. The fraction of sp³-hybridized carbons (Fsp3) is 0.158. The molecule has 0 aliphatic rings. The summed E-state index contributed by atoms with van der Waals surface area (Å²) in [6.07, 6.45) is 2.25. The molecular weight excluding hydrogens is 322 g/mol. The first-order valence-corrected chi connectivity index (χ1v) is 7.93. The lowest BCUT2D eigenvalue weighted by Gasteiger charge is -2.07. The molecule has 0 bridgehead atoms. The van der Waals surface area contributed by atoms with Crippen LogP contribution in [0.25, 0.3) is 0 Å². The molecule has 2 N–H and O–H groups in total. The van der Waals surface area contributed by atoms with E-state index in [4.69, 9.17) is 16.9 Å². The molecule has 2 aromatic carbocycles. The second kappa shape index (κ2) is 8.76. The fourth-order valence-corrected chi connectivity index (χ4v) is 2.36. The zero-order chi connectivity index (χ0) is 17.4. The van der Waals surface area contributed by atoms with Gasteiger partial charge in [0.1, 0.15) is 11.6 Å². The molecule has 0 aliphatic heterocycles. The Morgan fingerprint density at radius 3 is 2.62 bits per heavy atom. The van der Waals surface area contributed by atoms with Crippen molar-refractivity contribution in [1.82, 2.24) is 5.32 Å². The van der Waals surface area contributed by atoms with E-state index in [1.807, 2.05) is 18.2 Å². The largest absolute Gasteiger partial charge is 0.389 e. The Morgan fingerprint density at radius 1 is 1.21 bits per heavy atom. The van der Waals surface area contributed by atoms with Crippen LogP contribution in [0.1, 0.15) is 11.1 Å². The molecule has 0 saturated heterocycles. The van der Waals surface area contributed by atoms with Gasteiger partial charge >= 0.3 is 0 Å². The van der Waals surface area contributed by atoms with Gasteiger partial charge in [-0.1, -0.05) is 48.0 Å². The van der Waals surface area contributed by atoms with E-state index in [0.717, 1.165) is 6.42 Å². The average molecular weight is 340 g/mol. The van der Waals surface area contributed by atoms with E-state index in [2.05, 4.69) is 29.7 Å². The molecule has 0 spiro atoms. The first-order valence-electron chi connectivity index (χ1n) is 7.56. The normalized spacial score (nSPS) is 10.8. The van der Waals surface area contributed by atoms with Gasteiger partial charge in [0.05, 0.1) is 10.7 Å². The van der Waals surface area contributed by atoms with Gasteiger partial charge in [-0.15, -0.1) is 0 Å². The highest BCUT2D eigenvalue weighted by Crippen LogP contribution is 2.20. The molecule has 0 aliphatic carbocycles. The predicted octanol–water partition coefficient (Wildman–Crippen LogP) is 3.83. The molecule has 0 heterocycles. The van der Waals surface area contributed by atoms with Crippen LogP contribution in [-0.2, 0) is 11.2 Å². The van der Waals surface area contributed by atoms with Gasteiger partial charge in [-0.05, 0) is 36.6 Å². The van der Waals surface area contributed by atoms with E-state index < -0.39 is 5.91 Å². The number of nitrogens with one attached hydrogen (secondary N) is 2. The van der Waals surface area contributed by atoms with Crippen molar-refractivity contribution >= 4 is 23.2 Å². The van der Waals surface area contributed by atoms with Crippen LogP contribution >= 0.6 is 11.6 Å². The minimum absolute atomic E-state index is 0.000275. The highest BCUT2D eigenvalue weighted by atomic mass is 35.5. The minimum atomic E-state index is -0.492. The Kier molecular flexibility index (Phi) is 6.41. The maximum absolute atomic E-state index is 12.1. The summed E-state index contributed by atoms with van der Waals surface area (Å²) in [4.78, 5) is 12.1. The van der Waals surface area contributed by atoms with Gasteiger partial charge in [0.15, 0.2) is 0 Å². The third kappa shape index (κ3) is 4.87. The number of para-hydroxylation sites is 1. The zero-order valence-corrected chi connectivity index (χ0v) is 14.1. The number of hydrogen-bond acceptors (Lipinski definition) is 3. The number of rotatable bonds is 6. The van der Waals surface area contributed by atoms with Crippen LogP contribution < -0.4 is 10.6 Å². The van der Waals surface area contributed by atoms with Crippen molar-refractivity contribution in [2.75, 3.05) is 11.9 Å². The summed E-state index contributed by atoms with van der Waals surface area (Å²) in [6, 6.07) is 16.9. The molecule has 4 nitrogen and oxygen atoms in total. The average Bonchev–Trinajstić information content (AvgIpc) is 2.58. The van der Waals surface area contributed by atoms with Crippen molar-refractivity contribution in [3.8, 4) is 6.07 Å². The van der Waals surface area contributed by atoms with Gasteiger partial charge in [0.2, 0.25) is 0 Å². The molecule has 24 heavy (non-hydrogen) atoms. The van der Waals surface area contributed by atoms with E-state index in [9.17, 15) is 4.79 Å². The van der Waals surface area contributed by atoms with Gasteiger partial charge < -0.3 is 10.6 Å². The molecule has 122 valence electrons. The minimum Gasteiger partial charge on any atom is -0.389 e. The number of nitrogens with zero attached hydrogens (tertiary/aromatic N) is 1. The first kappa shape index (κ1) is 17.6. The summed E-state index contributed by atoms with van der Waals surface area (Å²) in [5.41, 5.74) is 2.93. The number of aryl methyl sites for hydroxylation is 1. The lowest BCUT2D eigenvalue weighted by atomic mass is 10.1. The Labute approximate surface area is 146 Å². The molecule has 5 heteroatoms. The Morgan fingerprint density at radius 2 is 1.92 bits per heavy atom. The van der Waals surface area contributed by atoms with Crippen LogP contribution in [0.3, 0.4) is 0 Å². The summed E-state index contributed by atoms with van der Waals surface area (Å²) in [7, 11) is 0. The molecule has 0 atom stereocenters. The Balaban J connectivity index is 1.92. The number of hydrogen-bond donors (Lipinski definition) is 2. The first-order chi connectivity index (χ1) is 11.6. The second-order valence-corrected chi connectivity index (χ2v) is 5.64. The summed E-state index contributed by atoms with van der Waals surface area (Å²) >= 11 is 5.99. The Hall–Kier alpha value is -2.77. The summed E-state index contributed by atoms with van der Waals surface area (Å²) in [5, 5.41) is 15.2. The molecule has 2 rings (SSSR count). The number of amides is 1.